The summed E-state index contributed by atoms with van der Waals surface area (Å²) in [6.45, 7) is 0.857. The lowest BCUT2D eigenvalue weighted by Gasteiger charge is -2.10. The fraction of sp³-hybridized carbons (Fsp3) is 0.500. The number of rotatable bonds is 6. The molecule has 0 aliphatic heterocycles. The summed E-state index contributed by atoms with van der Waals surface area (Å²) in [6.07, 6.45) is 5.10. The summed E-state index contributed by atoms with van der Waals surface area (Å²) in [5.41, 5.74) is 6.96. The van der Waals surface area contributed by atoms with E-state index in [0.29, 0.717) is 5.69 Å². The zero-order valence-corrected chi connectivity index (χ0v) is 11.0. The molecule has 0 atom stereocenters. The zero-order chi connectivity index (χ0) is 13.2. The van der Waals surface area contributed by atoms with Gasteiger partial charge in [0.15, 0.2) is 0 Å². The topological polar surface area (TPSA) is 98.2 Å². The summed E-state index contributed by atoms with van der Waals surface area (Å²) in [4.78, 5) is 0.0449. The number of hydrogen-bond acceptors (Lipinski definition) is 4. The highest BCUT2D eigenvalue weighted by atomic mass is 32.2. The normalized spacial score (nSPS) is 15.6. The Kier molecular flexibility index (Phi) is 3.77. The van der Waals surface area contributed by atoms with Gasteiger partial charge < -0.3 is 11.1 Å². The summed E-state index contributed by atoms with van der Waals surface area (Å²) in [6, 6.07) is 4.51. The van der Waals surface area contributed by atoms with E-state index in [1.807, 2.05) is 0 Å². The summed E-state index contributed by atoms with van der Waals surface area (Å²) in [7, 11) is -3.68. The molecule has 1 fully saturated rings. The van der Waals surface area contributed by atoms with Gasteiger partial charge in [-0.25, -0.2) is 13.6 Å². The van der Waals surface area contributed by atoms with E-state index >= 15 is 0 Å². The van der Waals surface area contributed by atoms with Gasteiger partial charge in [0.05, 0.1) is 16.3 Å². The van der Waals surface area contributed by atoms with Gasteiger partial charge in [0.25, 0.3) is 0 Å². The Morgan fingerprint density at radius 1 is 1.33 bits per heavy atom. The number of sulfonamides is 1. The molecule has 0 amide bonds. The highest BCUT2D eigenvalue weighted by Crippen LogP contribution is 2.33. The van der Waals surface area contributed by atoms with Gasteiger partial charge in [-0.1, -0.05) is 12.8 Å². The molecular formula is C12H19N3O2S. The first-order valence-electron chi connectivity index (χ1n) is 6.13. The molecule has 1 aromatic carbocycles. The molecule has 0 saturated heterocycles. The minimum atomic E-state index is -3.68. The largest absolute Gasteiger partial charge is 0.397 e. The van der Waals surface area contributed by atoms with Crippen LogP contribution in [0.1, 0.15) is 25.7 Å². The number of benzene rings is 1. The van der Waals surface area contributed by atoms with Crippen molar-refractivity contribution in [2.75, 3.05) is 17.6 Å². The quantitative estimate of drug-likeness (QED) is 0.538. The summed E-state index contributed by atoms with van der Waals surface area (Å²) < 4.78 is 22.3. The van der Waals surface area contributed by atoms with Gasteiger partial charge in [-0.05, 0) is 37.0 Å². The molecule has 0 spiro atoms. The standard InChI is InChI=1S/C12H19N3O2S/c13-11-8-10(18(14,16)17)5-6-12(11)15-7-1-2-9-3-4-9/h5-6,8-9,15H,1-4,7,13H2,(H2,14,16,17). The van der Waals surface area contributed by atoms with E-state index in [2.05, 4.69) is 5.32 Å². The maximum Gasteiger partial charge on any atom is 0.238 e. The minimum absolute atomic E-state index is 0.0449. The van der Waals surface area contributed by atoms with Gasteiger partial charge in [0.1, 0.15) is 0 Å². The van der Waals surface area contributed by atoms with Crippen LogP contribution in [0.25, 0.3) is 0 Å². The average Bonchev–Trinajstić information content (AvgIpc) is 3.08. The molecule has 0 radical (unpaired) electrons. The van der Waals surface area contributed by atoms with Crippen LogP contribution in [-0.4, -0.2) is 15.0 Å². The van der Waals surface area contributed by atoms with Crippen LogP contribution in [0.4, 0.5) is 11.4 Å². The number of nitrogen functional groups attached to an aromatic ring is 1. The van der Waals surface area contributed by atoms with E-state index in [1.54, 1.807) is 6.07 Å². The molecule has 5 N–H and O–H groups in total. The second kappa shape index (κ2) is 5.16. The van der Waals surface area contributed by atoms with Crippen molar-refractivity contribution in [1.82, 2.24) is 0 Å². The third-order valence-corrected chi connectivity index (χ3v) is 4.06. The van der Waals surface area contributed by atoms with Crippen molar-refractivity contribution >= 4 is 21.4 Å². The highest BCUT2D eigenvalue weighted by Gasteiger charge is 2.20. The highest BCUT2D eigenvalue weighted by molar-refractivity contribution is 7.89. The molecule has 18 heavy (non-hydrogen) atoms. The first kappa shape index (κ1) is 13.2. The van der Waals surface area contributed by atoms with Crippen molar-refractivity contribution in [2.45, 2.75) is 30.6 Å². The Bertz CT molecular complexity index is 524. The monoisotopic (exact) mass is 269 g/mol. The molecule has 0 aromatic heterocycles. The van der Waals surface area contributed by atoms with Gasteiger partial charge in [-0.2, -0.15) is 0 Å². The summed E-state index contributed by atoms with van der Waals surface area (Å²) in [5, 5.41) is 8.25. The van der Waals surface area contributed by atoms with Crippen LogP contribution in [0.15, 0.2) is 23.1 Å². The molecule has 5 nitrogen and oxygen atoms in total. The molecule has 100 valence electrons. The maximum absolute atomic E-state index is 11.1. The second-order valence-electron chi connectivity index (χ2n) is 4.81. The van der Waals surface area contributed by atoms with Crippen LogP contribution in [0.2, 0.25) is 0 Å². The Hall–Kier alpha value is -1.27. The number of nitrogens with one attached hydrogen (secondary N) is 1. The SMILES string of the molecule is Nc1cc(S(N)(=O)=O)ccc1NCCCC1CC1. The van der Waals surface area contributed by atoms with Gasteiger partial charge in [-0.15, -0.1) is 0 Å². The van der Waals surface area contributed by atoms with Crippen LogP contribution >= 0.6 is 0 Å². The number of hydrogen-bond donors (Lipinski definition) is 3. The predicted octanol–water partition coefficient (Wildman–Crippen LogP) is 1.52. The van der Waals surface area contributed by atoms with Gasteiger partial charge in [0.2, 0.25) is 10.0 Å². The minimum Gasteiger partial charge on any atom is -0.397 e. The van der Waals surface area contributed by atoms with Gasteiger partial charge in [-0.3, -0.25) is 0 Å². The first-order chi connectivity index (χ1) is 8.47. The predicted molar refractivity (Wildman–Crippen MR) is 72.7 cm³/mol. The maximum atomic E-state index is 11.1. The Balaban J connectivity index is 1.92. The Labute approximate surface area is 108 Å². The lowest BCUT2D eigenvalue weighted by atomic mass is 10.2. The smallest absolute Gasteiger partial charge is 0.238 e. The van der Waals surface area contributed by atoms with Crippen molar-refractivity contribution < 1.29 is 8.42 Å². The molecular weight excluding hydrogens is 250 g/mol. The second-order valence-corrected chi connectivity index (χ2v) is 6.37. The molecule has 6 heteroatoms. The lowest BCUT2D eigenvalue weighted by molar-refractivity contribution is 0.598. The van der Waals surface area contributed by atoms with Crippen LogP contribution in [0.5, 0.6) is 0 Å². The number of anilines is 2. The van der Waals surface area contributed by atoms with Crippen molar-refractivity contribution in [3.8, 4) is 0 Å². The summed E-state index contributed by atoms with van der Waals surface area (Å²) >= 11 is 0. The fourth-order valence-electron chi connectivity index (χ4n) is 1.90. The molecule has 2 rings (SSSR count). The van der Waals surface area contributed by atoms with Gasteiger partial charge >= 0.3 is 0 Å². The van der Waals surface area contributed by atoms with E-state index < -0.39 is 10.0 Å². The zero-order valence-electron chi connectivity index (χ0n) is 10.2. The van der Waals surface area contributed by atoms with Crippen molar-refractivity contribution in [1.29, 1.82) is 0 Å². The van der Waals surface area contributed by atoms with Crippen molar-refractivity contribution in [2.24, 2.45) is 11.1 Å². The molecule has 1 saturated carbocycles. The molecule has 0 bridgehead atoms. The van der Waals surface area contributed by atoms with Crippen LogP contribution in [0.3, 0.4) is 0 Å². The van der Waals surface area contributed by atoms with Gasteiger partial charge in [0, 0.05) is 6.54 Å². The van der Waals surface area contributed by atoms with E-state index in [-0.39, 0.29) is 4.90 Å². The Morgan fingerprint density at radius 2 is 2.06 bits per heavy atom. The van der Waals surface area contributed by atoms with E-state index in [4.69, 9.17) is 10.9 Å². The van der Waals surface area contributed by atoms with E-state index in [0.717, 1.165) is 24.6 Å². The molecule has 1 aliphatic rings. The Morgan fingerprint density at radius 3 is 2.61 bits per heavy atom. The van der Waals surface area contributed by atoms with Crippen molar-refractivity contribution in [3.05, 3.63) is 18.2 Å². The van der Waals surface area contributed by atoms with Crippen molar-refractivity contribution in [3.63, 3.8) is 0 Å². The third-order valence-electron chi connectivity index (χ3n) is 3.15. The van der Waals surface area contributed by atoms with E-state index in [1.165, 1.54) is 31.4 Å². The molecule has 1 aliphatic carbocycles. The lowest BCUT2D eigenvalue weighted by Crippen LogP contribution is -2.13. The fourth-order valence-corrected chi connectivity index (χ4v) is 2.45. The molecule has 1 aromatic rings. The number of nitrogens with two attached hydrogens (primary N) is 2. The average molecular weight is 269 g/mol. The first-order valence-corrected chi connectivity index (χ1v) is 7.67. The third kappa shape index (κ3) is 3.61. The van der Waals surface area contributed by atoms with Crippen LogP contribution < -0.4 is 16.2 Å². The number of primary sulfonamides is 1. The summed E-state index contributed by atoms with van der Waals surface area (Å²) in [5.74, 6) is 0.925. The van der Waals surface area contributed by atoms with E-state index in [9.17, 15) is 8.42 Å². The van der Waals surface area contributed by atoms with Crippen LogP contribution in [-0.2, 0) is 10.0 Å². The molecule has 0 unspecified atom stereocenters. The van der Waals surface area contributed by atoms with Crippen LogP contribution in [0, 0.1) is 5.92 Å². The molecule has 0 heterocycles.